The number of hydrogen-bond donors (Lipinski definition) is 3. The zero-order valence-electron chi connectivity index (χ0n) is 25.3. The summed E-state index contributed by atoms with van der Waals surface area (Å²) in [4.78, 5) is 24.3. The molecule has 4 aromatic carbocycles. The number of amides is 2. The molecular weight excluding hydrogens is 602 g/mol. The van der Waals surface area contributed by atoms with Crippen LogP contribution in [0.2, 0.25) is 5.02 Å². The lowest BCUT2D eigenvalue weighted by Crippen LogP contribution is -2.30. The zero-order chi connectivity index (χ0) is 32.6. The molecule has 0 spiro atoms. The third-order valence-corrected chi connectivity index (χ3v) is 7.62. The van der Waals surface area contributed by atoms with Crippen molar-refractivity contribution >= 4 is 34.8 Å². The lowest BCUT2D eigenvalue weighted by atomic mass is 10.0. The standard InChI is InChI=1S/C36H34ClN5O4/c1-23-11-12-28(36(39)44)19-32(23)42-35(38)31(20-41-42)24(2)26-9-6-10-30(18-26)45-22-34(43)40-16-15-27-17-29(37)13-14-33(27)46-21-25-7-4-3-5-8-25/h3-14,17-20H,2,15-16,21-22,38H2,1H3,(H2,39,44)(H,40,43). The molecule has 0 bridgehead atoms. The van der Waals surface area contributed by atoms with Crippen LogP contribution < -0.4 is 26.3 Å². The van der Waals surface area contributed by atoms with Crippen LogP contribution in [0.3, 0.4) is 0 Å². The number of nitrogen functional groups attached to an aromatic ring is 1. The maximum absolute atomic E-state index is 12.6. The first-order valence-electron chi connectivity index (χ1n) is 14.6. The Hall–Kier alpha value is -5.54. The van der Waals surface area contributed by atoms with Gasteiger partial charge in [-0.2, -0.15) is 5.10 Å². The minimum Gasteiger partial charge on any atom is -0.489 e. The molecular formula is C36H34ClN5O4. The van der Waals surface area contributed by atoms with Gasteiger partial charge in [0.15, 0.2) is 6.61 Å². The predicted molar refractivity (Wildman–Crippen MR) is 180 cm³/mol. The van der Waals surface area contributed by atoms with E-state index in [0.717, 1.165) is 28.0 Å². The Bertz CT molecular complexity index is 1890. The van der Waals surface area contributed by atoms with Gasteiger partial charge in [0.05, 0.1) is 11.9 Å². The molecule has 10 heteroatoms. The van der Waals surface area contributed by atoms with Crippen LogP contribution in [0, 0.1) is 6.92 Å². The van der Waals surface area contributed by atoms with E-state index < -0.39 is 5.91 Å². The second-order valence-corrected chi connectivity index (χ2v) is 11.1. The smallest absolute Gasteiger partial charge is 0.257 e. The van der Waals surface area contributed by atoms with Gasteiger partial charge in [-0.1, -0.05) is 66.7 Å². The van der Waals surface area contributed by atoms with Crippen molar-refractivity contribution in [2.24, 2.45) is 5.73 Å². The molecule has 5 N–H and O–H groups in total. The van der Waals surface area contributed by atoms with E-state index in [-0.39, 0.29) is 12.5 Å². The fourth-order valence-corrected chi connectivity index (χ4v) is 5.05. The van der Waals surface area contributed by atoms with Crippen LogP contribution in [0.4, 0.5) is 5.82 Å². The number of nitrogens with zero attached hydrogens (tertiary/aromatic N) is 2. The summed E-state index contributed by atoms with van der Waals surface area (Å²) in [5.74, 6) is 0.764. The number of nitrogens with one attached hydrogen (secondary N) is 1. The molecule has 0 unspecified atom stereocenters. The van der Waals surface area contributed by atoms with E-state index >= 15 is 0 Å². The van der Waals surface area contributed by atoms with Gasteiger partial charge in [0.1, 0.15) is 23.9 Å². The minimum absolute atomic E-state index is 0.168. The first kappa shape index (κ1) is 31.9. The van der Waals surface area contributed by atoms with Crippen LogP contribution in [0.25, 0.3) is 11.3 Å². The first-order valence-corrected chi connectivity index (χ1v) is 15.0. The van der Waals surface area contributed by atoms with Crippen molar-refractivity contribution in [2.45, 2.75) is 20.0 Å². The third-order valence-electron chi connectivity index (χ3n) is 7.38. The highest BCUT2D eigenvalue weighted by Crippen LogP contribution is 2.31. The molecule has 0 atom stereocenters. The number of nitrogens with two attached hydrogens (primary N) is 2. The highest BCUT2D eigenvalue weighted by Gasteiger charge is 2.16. The number of primary amides is 1. The Morgan fingerprint density at radius 3 is 2.54 bits per heavy atom. The van der Waals surface area contributed by atoms with E-state index in [1.54, 1.807) is 47.3 Å². The first-order chi connectivity index (χ1) is 22.2. The summed E-state index contributed by atoms with van der Waals surface area (Å²) in [7, 11) is 0. The number of rotatable bonds is 13. The zero-order valence-corrected chi connectivity index (χ0v) is 26.1. The quantitative estimate of drug-likeness (QED) is 0.148. The summed E-state index contributed by atoms with van der Waals surface area (Å²) < 4.78 is 13.4. The highest BCUT2D eigenvalue weighted by molar-refractivity contribution is 6.30. The SMILES string of the molecule is C=C(c1cccc(OCC(=O)NCCc2cc(Cl)ccc2OCc2ccccc2)c1)c1cnn(-c2cc(C(N)=O)ccc2C)c1N. The average molecular weight is 636 g/mol. The molecule has 1 heterocycles. The van der Waals surface area contributed by atoms with Crippen molar-refractivity contribution in [3.8, 4) is 17.2 Å². The molecule has 9 nitrogen and oxygen atoms in total. The monoisotopic (exact) mass is 635 g/mol. The Morgan fingerprint density at radius 2 is 1.76 bits per heavy atom. The number of aryl methyl sites for hydroxylation is 1. The minimum atomic E-state index is -0.540. The fourth-order valence-electron chi connectivity index (χ4n) is 4.86. The molecule has 5 rings (SSSR count). The second kappa shape index (κ2) is 14.5. The van der Waals surface area contributed by atoms with Gasteiger partial charge < -0.3 is 26.3 Å². The van der Waals surface area contributed by atoms with Gasteiger partial charge in [0.2, 0.25) is 5.91 Å². The van der Waals surface area contributed by atoms with Crippen LogP contribution >= 0.6 is 11.6 Å². The maximum Gasteiger partial charge on any atom is 0.257 e. The molecule has 234 valence electrons. The summed E-state index contributed by atoms with van der Waals surface area (Å²) in [6, 6.07) is 27.7. The Balaban J connectivity index is 1.17. The summed E-state index contributed by atoms with van der Waals surface area (Å²) >= 11 is 6.23. The topological polar surface area (TPSA) is 134 Å². The van der Waals surface area contributed by atoms with Crippen molar-refractivity contribution in [3.05, 3.63) is 142 Å². The molecule has 46 heavy (non-hydrogen) atoms. The molecule has 0 saturated heterocycles. The number of carbonyl (C=O) groups excluding carboxylic acids is 2. The van der Waals surface area contributed by atoms with Crippen molar-refractivity contribution in [3.63, 3.8) is 0 Å². The normalized spacial score (nSPS) is 10.7. The summed E-state index contributed by atoms with van der Waals surface area (Å²) in [6.45, 7) is 6.75. The van der Waals surface area contributed by atoms with Gasteiger partial charge in [-0.05, 0) is 83.6 Å². The number of aromatic nitrogens is 2. The van der Waals surface area contributed by atoms with Crippen molar-refractivity contribution in [1.29, 1.82) is 0 Å². The number of anilines is 1. The molecule has 2 amide bonds. The Kier molecular flexibility index (Phi) is 10.0. The van der Waals surface area contributed by atoms with Crippen LogP contribution in [-0.2, 0) is 17.8 Å². The Morgan fingerprint density at radius 1 is 0.957 bits per heavy atom. The Labute approximate surface area is 272 Å². The van der Waals surface area contributed by atoms with Crippen LogP contribution in [0.1, 0.15) is 38.2 Å². The lowest BCUT2D eigenvalue weighted by Gasteiger charge is -2.13. The number of hydrogen-bond acceptors (Lipinski definition) is 6. The molecule has 0 saturated carbocycles. The van der Waals surface area contributed by atoms with Crippen molar-refractivity contribution < 1.29 is 19.1 Å². The summed E-state index contributed by atoms with van der Waals surface area (Å²) in [6.07, 6.45) is 2.15. The maximum atomic E-state index is 12.6. The largest absolute Gasteiger partial charge is 0.489 e. The van der Waals surface area contributed by atoms with Gasteiger partial charge in [-0.15, -0.1) is 0 Å². The van der Waals surface area contributed by atoms with Gasteiger partial charge in [0.25, 0.3) is 5.91 Å². The van der Waals surface area contributed by atoms with Crippen LogP contribution in [0.5, 0.6) is 11.5 Å². The summed E-state index contributed by atoms with van der Waals surface area (Å²) in [5.41, 5.74) is 17.7. The molecule has 0 aliphatic rings. The molecule has 1 aromatic heterocycles. The van der Waals surface area contributed by atoms with Gasteiger partial charge in [-0.25, -0.2) is 4.68 Å². The third kappa shape index (κ3) is 7.75. The van der Waals surface area contributed by atoms with E-state index in [0.29, 0.717) is 58.5 Å². The number of halogens is 1. The molecule has 0 aliphatic heterocycles. The predicted octanol–water partition coefficient (Wildman–Crippen LogP) is 5.89. The summed E-state index contributed by atoms with van der Waals surface area (Å²) in [5, 5.41) is 7.93. The molecule has 5 aromatic rings. The van der Waals surface area contributed by atoms with Crippen molar-refractivity contribution in [2.75, 3.05) is 18.9 Å². The van der Waals surface area contributed by atoms with Gasteiger partial charge in [0, 0.05) is 22.7 Å². The van der Waals surface area contributed by atoms with E-state index in [1.807, 2.05) is 61.5 Å². The lowest BCUT2D eigenvalue weighted by molar-refractivity contribution is -0.123. The van der Waals surface area contributed by atoms with Gasteiger partial charge in [-0.3, -0.25) is 9.59 Å². The number of carbonyl (C=O) groups is 2. The van der Waals surface area contributed by atoms with Crippen molar-refractivity contribution in [1.82, 2.24) is 15.1 Å². The van der Waals surface area contributed by atoms with E-state index in [9.17, 15) is 9.59 Å². The molecule has 0 aliphatic carbocycles. The number of benzene rings is 4. The highest BCUT2D eigenvalue weighted by atomic mass is 35.5. The van der Waals surface area contributed by atoms with E-state index in [1.165, 1.54) is 0 Å². The molecule has 0 fully saturated rings. The van der Waals surface area contributed by atoms with Crippen LogP contribution in [0.15, 0.2) is 104 Å². The average Bonchev–Trinajstić information content (AvgIpc) is 3.44. The molecule has 0 radical (unpaired) electrons. The van der Waals surface area contributed by atoms with Gasteiger partial charge >= 0.3 is 0 Å². The number of ether oxygens (including phenoxy) is 2. The van der Waals surface area contributed by atoms with E-state index in [4.69, 9.17) is 32.5 Å². The fraction of sp³-hybridized carbons (Fsp3) is 0.139. The van der Waals surface area contributed by atoms with E-state index in [2.05, 4.69) is 17.0 Å². The van der Waals surface area contributed by atoms with Crippen LogP contribution in [-0.4, -0.2) is 34.7 Å². The second-order valence-electron chi connectivity index (χ2n) is 10.6.